The third-order valence-electron chi connectivity index (χ3n) is 6.86. The average Bonchev–Trinajstić information content (AvgIpc) is 3.07. The van der Waals surface area contributed by atoms with E-state index in [0.717, 1.165) is 28.0 Å². The summed E-state index contributed by atoms with van der Waals surface area (Å²) >= 11 is 0. The largest absolute Gasteiger partial charge is 0.492 e. The predicted octanol–water partition coefficient (Wildman–Crippen LogP) is 6.93. The zero-order chi connectivity index (χ0) is 30.4. The van der Waals surface area contributed by atoms with Crippen LogP contribution in [0.5, 0.6) is 17.2 Å². The molecule has 6 aromatic carbocycles. The zero-order valence-corrected chi connectivity index (χ0v) is 24.6. The number of ether oxygens (including phenoxy) is 3. The Morgan fingerprint density at radius 1 is 0.477 bits per heavy atom. The molecule has 7 nitrogen and oxygen atoms in total. The maximum Gasteiger partial charge on any atom is 0.315 e. The van der Waals surface area contributed by atoms with Crippen LogP contribution < -0.4 is 30.6 Å². The number of benzene rings is 6. The van der Waals surface area contributed by atoms with E-state index in [-0.39, 0.29) is 6.03 Å². The number of carbonyl (C=O) groups is 1. The smallest absolute Gasteiger partial charge is 0.315 e. The fourth-order valence-electron chi connectivity index (χ4n) is 4.68. The monoisotopic (exact) mass is 587 g/mol. The number of nitrogens with one attached hydrogen (secondary N) is 2. The molecule has 0 saturated heterocycles. The summed E-state index contributed by atoms with van der Waals surface area (Å²) in [7, 11) is 0. The molecule has 224 valence electrons. The van der Waals surface area contributed by atoms with Gasteiger partial charge in [-0.1, -0.05) is 91.0 Å². The summed E-state index contributed by atoms with van der Waals surface area (Å²) in [5.41, 5.74) is 5.36. The van der Waals surface area contributed by atoms with E-state index in [1.54, 1.807) is 0 Å². The lowest BCUT2D eigenvalue weighted by atomic mass is 10.1. The van der Waals surface area contributed by atoms with Crippen LogP contribution in [0.3, 0.4) is 0 Å². The van der Waals surface area contributed by atoms with E-state index < -0.39 is 0 Å². The normalized spacial score (nSPS) is 10.6. The van der Waals surface area contributed by atoms with Crippen LogP contribution in [-0.4, -0.2) is 45.5 Å². The molecule has 0 bridgehead atoms. The number of carbonyl (C=O) groups excluding carboxylic acids is 1. The van der Waals surface area contributed by atoms with Crippen LogP contribution in [0.1, 0.15) is 0 Å². The molecule has 0 saturated carbocycles. The van der Waals surface area contributed by atoms with Crippen molar-refractivity contribution in [2.75, 3.05) is 39.5 Å². The second kappa shape index (κ2) is 15.8. The Morgan fingerprint density at radius 3 is 1.18 bits per heavy atom. The van der Waals surface area contributed by atoms with E-state index in [0.29, 0.717) is 39.5 Å². The Labute approximate surface area is 257 Å². The highest BCUT2D eigenvalue weighted by atomic mass is 16.5. The van der Waals surface area contributed by atoms with Crippen molar-refractivity contribution in [3.05, 3.63) is 127 Å². The van der Waals surface area contributed by atoms with Gasteiger partial charge in [0.15, 0.2) is 0 Å². The average molecular weight is 588 g/mol. The molecule has 0 atom stereocenters. The summed E-state index contributed by atoms with van der Waals surface area (Å²) in [6, 6.07) is 42.2. The first kappa shape index (κ1) is 30.2. The SMILES string of the molecule is NCCOc1ccc2ccccc2c1.O=C(NCCOc1ccc2ccccc2c1)NCCOc1ccc2ccccc2c1. The molecule has 0 aliphatic heterocycles. The van der Waals surface area contributed by atoms with Crippen molar-refractivity contribution < 1.29 is 19.0 Å². The molecule has 0 heterocycles. The second-order valence-electron chi connectivity index (χ2n) is 10.0. The van der Waals surface area contributed by atoms with E-state index in [2.05, 4.69) is 41.0 Å². The van der Waals surface area contributed by atoms with Crippen LogP contribution >= 0.6 is 0 Å². The molecule has 2 amide bonds. The number of rotatable bonds is 11. The molecule has 0 aliphatic rings. The van der Waals surface area contributed by atoms with Gasteiger partial charge in [-0.05, 0) is 68.7 Å². The highest BCUT2D eigenvalue weighted by molar-refractivity contribution is 5.85. The highest BCUT2D eigenvalue weighted by Crippen LogP contribution is 2.22. The third-order valence-corrected chi connectivity index (χ3v) is 6.86. The summed E-state index contributed by atoms with van der Waals surface area (Å²) in [5, 5.41) is 12.6. The minimum absolute atomic E-state index is 0.237. The van der Waals surface area contributed by atoms with E-state index in [1.807, 2.05) is 97.1 Å². The molecular formula is C37H37N3O4. The van der Waals surface area contributed by atoms with Gasteiger partial charge in [0, 0.05) is 6.54 Å². The maximum atomic E-state index is 11.9. The predicted molar refractivity (Wildman–Crippen MR) is 179 cm³/mol. The van der Waals surface area contributed by atoms with Crippen molar-refractivity contribution in [3.8, 4) is 17.2 Å². The molecule has 44 heavy (non-hydrogen) atoms. The minimum Gasteiger partial charge on any atom is -0.492 e. The molecule has 4 N–H and O–H groups in total. The Balaban J connectivity index is 0.000000229. The number of fused-ring (bicyclic) bond motifs is 3. The fourth-order valence-corrected chi connectivity index (χ4v) is 4.68. The van der Waals surface area contributed by atoms with Gasteiger partial charge in [-0.2, -0.15) is 0 Å². The Kier molecular flexibility index (Phi) is 10.9. The van der Waals surface area contributed by atoms with E-state index >= 15 is 0 Å². The molecule has 0 unspecified atom stereocenters. The molecule has 6 rings (SSSR count). The lowest BCUT2D eigenvalue weighted by Crippen LogP contribution is -2.39. The van der Waals surface area contributed by atoms with Crippen LogP contribution in [0, 0.1) is 0 Å². The Morgan fingerprint density at radius 2 is 0.818 bits per heavy atom. The van der Waals surface area contributed by atoms with Crippen LogP contribution in [0.4, 0.5) is 4.79 Å². The second-order valence-corrected chi connectivity index (χ2v) is 10.0. The van der Waals surface area contributed by atoms with Crippen LogP contribution in [0.2, 0.25) is 0 Å². The number of hydrogen-bond donors (Lipinski definition) is 3. The summed E-state index contributed by atoms with van der Waals surface area (Å²) < 4.78 is 16.9. The fraction of sp³-hybridized carbons (Fsp3) is 0.162. The van der Waals surface area contributed by atoms with E-state index in [1.165, 1.54) is 21.5 Å². The summed E-state index contributed by atoms with van der Waals surface area (Å²) in [6.07, 6.45) is 0. The lowest BCUT2D eigenvalue weighted by molar-refractivity contribution is 0.232. The number of urea groups is 1. The van der Waals surface area contributed by atoms with Crippen molar-refractivity contribution in [2.24, 2.45) is 5.73 Å². The Hall–Kier alpha value is -5.27. The van der Waals surface area contributed by atoms with E-state index in [9.17, 15) is 4.79 Å². The van der Waals surface area contributed by atoms with Gasteiger partial charge < -0.3 is 30.6 Å². The van der Waals surface area contributed by atoms with Gasteiger partial charge in [-0.15, -0.1) is 0 Å². The topological polar surface area (TPSA) is 94.8 Å². The van der Waals surface area contributed by atoms with Gasteiger partial charge in [0.25, 0.3) is 0 Å². The molecular weight excluding hydrogens is 550 g/mol. The van der Waals surface area contributed by atoms with Gasteiger partial charge in [-0.25, -0.2) is 4.79 Å². The van der Waals surface area contributed by atoms with Gasteiger partial charge in [0.1, 0.15) is 37.1 Å². The standard InChI is InChI=1S/C25H24N2O3.C12H13NO/c28-25(26-13-15-29-23-11-9-19-5-1-3-7-21(19)17-23)27-14-16-30-24-12-10-20-6-2-4-8-22(20)18-24;13-7-8-14-12-6-5-10-3-1-2-4-11(10)9-12/h1-12,17-18H,13-16H2,(H2,26,27,28);1-6,9H,7-8,13H2. The van der Waals surface area contributed by atoms with Crippen molar-refractivity contribution in [1.82, 2.24) is 10.6 Å². The van der Waals surface area contributed by atoms with Gasteiger partial charge in [0.2, 0.25) is 0 Å². The molecule has 0 aromatic heterocycles. The van der Waals surface area contributed by atoms with Gasteiger partial charge in [0.05, 0.1) is 13.1 Å². The summed E-state index contributed by atoms with van der Waals surface area (Å²) in [4.78, 5) is 11.9. The van der Waals surface area contributed by atoms with Crippen LogP contribution in [0.15, 0.2) is 127 Å². The van der Waals surface area contributed by atoms with Gasteiger partial charge in [-0.3, -0.25) is 0 Å². The lowest BCUT2D eigenvalue weighted by Gasteiger charge is -2.11. The first-order chi connectivity index (χ1) is 21.7. The van der Waals surface area contributed by atoms with Gasteiger partial charge >= 0.3 is 6.03 Å². The molecule has 6 aromatic rings. The van der Waals surface area contributed by atoms with Crippen LogP contribution in [0.25, 0.3) is 32.3 Å². The molecule has 0 spiro atoms. The Bertz CT molecular complexity index is 1720. The van der Waals surface area contributed by atoms with E-state index in [4.69, 9.17) is 19.9 Å². The zero-order valence-electron chi connectivity index (χ0n) is 24.6. The number of amides is 2. The molecule has 0 fully saturated rings. The minimum atomic E-state index is -0.237. The maximum absolute atomic E-state index is 11.9. The number of hydrogen-bond acceptors (Lipinski definition) is 5. The molecule has 0 aliphatic carbocycles. The first-order valence-electron chi connectivity index (χ1n) is 14.7. The van der Waals surface area contributed by atoms with Crippen molar-refractivity contribution >= 4 is 38.3 Å². The van der Waals surface area contributed by atoms with Crippen molar-refractivity contribution in [1.29, 1.82) is 0 Å². The summed E-state index contributed by atoms with van der Waals surface area (Å²) in [5.74, 6) is 2.47. The van der Waals surface area contributed by atoms with Crippen molar-refractivity contribution in [2.45, 2.75) is 0 Å². The van der Waals surface area contributed by atoms with Crippen LogP contribution in [-0.2, 0) is 0 Å². The van der Waals surface area contributed by atoms with Crippen molar-refractivity contribution in [3.63, 3.8) is 0 Å². The quantitative estimate of drug-likeness (QED) is 0.143. The molecule has 7 heteroatoms. The number of nitrogens with two attached hydrogens (primary N) is 1. The summed E-state index contributed by atoms with van der Waals surface area (Å²) in [6.45, 7) is 2.76. The first-order valence-corrected chi connectivity index (χ1v) is 14.7. The highest BCUT2D eigenvalue weighted by Gasteiger charge is 2.02. The molecule has 0 radical (unpaired) electrons. The third kappa shape index (κ3) is 8.86.